The second-order valence-electron chi connectivity index (χ2n) is 6.00. The average Bonchev–Trinajstić information content (AvgIpc) is 3.02. The molecule has 2 aromatic rings. The molecule has 122 valence electrons. The highest BCUT2D eigenvalue weighted by atomic mass is 16.5. The first-order chi connectivity index (χ1) is 11.2. The standard InChI is InChI=1S/C17H21N3O3/c1-11(21)16-14(17(22)19-13-7-3-2-4-8-13)15(20-23-16)12-6-5-9-18-10-12/h5-6,9-11,13,21H,2-4,7-8H2,1H3,(H,19,22). The van der Waals surface area contributed by atoms with E-state index in [9.17, 15) is 9.90 Å². The Kier molecular flexibility index (Phi) is 4.71. The predicted molar refractivity (Wildman–Crippen MR) is 84.7 cm³/mol. The van der Waals surface area contributed by atoms with Crippen molar-refractivity contribution in [3.05, 3.63) is 35.9 Å². The molecule has 0 bridgehead atoms. The fraction of sp³-hybridized carbons (Fsp3) is 0.471. The Morgan fingerprint density at radius 3 is 2.83 bits per heavy atom. The highest BCUT2D eigenvalue weighted by Gasteiger charge is 2.28. The molecule has 1 amide bonds. The maximum atomic E-state index is 12.8. The molecule has 6 nitrogen and oxygen atoms in total. The number of pyridine rings is 1. The van der Waals surface area contributed by atoms with Gasteiger partial charge in [-0.2, -0.15) is 0 Å². The number of hydrogen-bond acceptors (Lipinski definition) is 5. The Balaban J connectivity index is 1.92. The van der Waals surface area contributed by atoms with E-state index >= 15 is 0 Å². The number of nitrogens with one attached hydrogen (secondary N) is 1. The van der Waals surface area contributed by atoms with E-state index in [4.69, 9.17) is 4.52 Å². The zero-order valence-electron chi connectivity index (χ0n) is 13.2. The van der Waals surface area contributed by atoms with Crippen LogP contribution >= 0.6 is 0 Å². The van der Waals surface area contributed by atoms with E-state index in [0.717, 1.165) is 25.7 Å². The number of carbonyl (C=O) groups is 1. The minimum Gasteiger partial charge on any atom is -0.385 e. The van der Waals surface area contributed by atoms with Gasteiger partial charge in [0, 0.05) is 24.0 Å². The summed E-state index contributed by atoms with van der Waals surface area (Å²) < 4.78 is 5.23. The Morgan fingerprint density at radius 1 is 1.39 bits per heavy atom. The van der Waals surface area contributed by atoms with Crippen molar-refractivity contribution >= 4 is 5.91 Å². The molecule has 0 aromatic carbocycles. The van der Waals surface area contributed by atoms with Crippen LogP contribution in [0.1, 0.15) is 61.3 Å². The number of rotatable bonds is 4. The highest BCUT2D eigenvalue weighted by molar-refractivity contribution is 6.01. The fourth-order valence-corrected chi connectivity index (χ4v) is 3.01. The minimum absolute atomic E-state index is 0.176. The molecule has 2 N–H and O–H groups in total. The van der Waals surface area contributed by atoms with Crippen molar-refractivity contribution in [1.29, 1.82) is 0 Å². The topological polar surface area (TPSA) is 88.2 Å². The molecule has 0 radical (unpaired) electrons. The Labute approximate surface area is 134 Å². The van der Waals surface area contributed by atoms with Crippen molar-refractivity contribution in [3.8, 4) is 11.3 Å². The van der Waals surface area contributed by atoms with E-state index < -0.39 is 6.10 Å². The van der Waals surface area contributed by atoms with Gasteiger partial charge in [-0.25, -0.2) is 0 Å². The first kappa shape index (κ1) is 15.7. The predicted octanol–water partition coefficient (Wildman–Crippen LogP) is 2.85. The van der Waals surface area contributed by atoms with E-state index in [0.29, 0.717) is 16.8 Å². The van der Waals surface area contributed by atoms with Crippen molar-refractivity contribution in [2.45, 2.75) is 51.2 Å². The zero-order valence-corrected chi connectivity index (χ0v) is 13.2. The second-order valence-corrected chi connectivity index (χ2v) is 6.00. The molecule has 6 heteroatoms. The summed E-state index contributed by atoms with van der Waals surface area (Å²) in [6, 6.07) is 3.76. The van der Waals surface area contributed by atoms with Gasteiger partial charge in [-0.3, -0.25) is 9.78 Å². The number of nitrogens with zero attached hydrogens (tertiary/aromatic N) is 2. The zero-order chi connectivity index (χ0) is 16.2. The van der Waals surface area contributed by atoms with E-state index in [1.165, 1.54) is 6.42 Å². The van der Waals surface area contributed by atoms with E-state index in [1.807, 2.05) is 6.07 Å². The lowest BCUT2D eigenvalue weighted by Gasteiger charge is -2.22. The molecular weight excluding hydrogens is 294 g/mol. The quantitative estimate of drug-likeness (QED) is 0.905. The number of aromatic nitrogens is 2. The van der Waals surface area contributed by atoms with E-state index in [-0.39, 0.29) is 17.7 Å². The third kappa shape index (κ3) is 3.42. The largest absolute Gasteiger partial charge is 0.385 e. The normalized spacial score (nSPS) is 17.0. The fourth-order valence-electron chi connectivity index (χ4n) is 3.01. The smallest absolute Gasteiger partial charge is 0.257 e. The SMILES string of the molecule is CC(O)c1onc(-c2cccnc2)c1C(=O)NC1CCCCC1. The summed E-state index contributed by atoms with van der Waals surface area (Å²) >= 11 is 0. The highest BCUT2D eigenvalue weighted by Crippen LogP contribution is 2.29. The number of aliphatic hydroxyl groups is 1. The molecule has 1 saturated carbocycles. The molecule has 23 heavy (non-hydrogen) atoms. The van der Waals surface area contributed by atoms with Crippen LogP contribution in [0.4, 0.5) is 0 Å². The second kappa shape index (κ2) is 6.91. The summed E-state index contributed by atoms with van der Waals surface area (Å²) in [5.74, 6) is -0.0509. The van der Waals surface area contributed by atoms with Crippen LogP contribution in [-0.4, -0.2) is 27.2 Å². The van der Waals surface area contributed by atoms with Crippen LogP contribution in [0.25, 0.3) is 11.3 Å². The maximum Gasteiger partial charge on any atom is 0.257 e. The van der Waals surface area contributed by atoms with Gasteiger partial charge in [0.05, 0.1) is 0 Å². The molecule has 1 aliphatic carbocycles. The van der Waals surface area contributed by atoms with Crippen molar-refractivity contribution in [3.63, 3.8) is 0 Å². The van der Waals surface area contributed by atoms with Crippen molar-refractivity contribution < 1.29 is 14.4 Å². The number of carbonyl (C=O) groups excluding carboxylic acids is 1. The Bertz CT molecular complexity index is 661. The molecule has 0 saturated heterocycles. The van der Waals surface area contributed by atoms with Gasteiger partial charge in [0.15, 0.2) is 5.76 Å². The van der Waals surface area contributed by atoms with Gasteiger partial charge < -0.3 is 14.9 Å². The van der Waals surface area contributed by atoms with Crippen molar-refractivity contribution in [1.82, 2.24) is 15.5 Å². The molecule has 1 atom stereocenters. The summed E-state index contributed by atoms with van der Waals surface area (Å²) in [4.78, 5) is 16.8. The molecule has 1 fully saturated rings. The average molecular weight is 315 g/mol. The summed E-state index contributed by atoms with van der Waals surface area (Å²) in [6.45, 7) is 1.56. The molecule has 0 aliphatic heterocycles. The van der Waals surface area contributed by atoms with Crippen LogP contribution in [0.3, 0.4) is 0 Å². The van der Waals surface area contributed by atoms with Crippen LogP contribution in [0.5, 0.6) is 0 Å². The Morgan fingerprint density at radius 2 is 2.17 bits per heavy atom. The third-order valence-electron chi connectivity index (χ3n) is 4.20. The van der Waals surface area contributed by atoms with Gasteiger partial charge in [-0.1, -0.05) is 24.4 Å². The van der Waals surface area contributed by atoms with Crippen LogP contribution < -0.4 is 5.32 Å². The van der Waals surface area contributed by atoms with Gasteiger partial charge in [0.1, 0.15) is 17.4 Å². The molecule has 3 rings (SSSR count). The molecule has 1 aliphatic rings. The lowest BCUT2D eigenvalue weighted by atomic mass is 9.95. The number of aliphatic hydroxyl groups excluding tert-OH is 1. The Hall–Kier alpha value is -2.21. The third-order valence-corrected chi connectivity index (χ3v) is 4.20. The molecule has 0 spiro atoms. The van der Waals surface area contributed by atoms with Crippen LogP contribution in [0, 0.1) is 0 Å². The van der Waals surface area contributed by atoms with Crippen LogP contribution in [0.15, 0.2) is 29.0 Å². The van der Waals surface area contributed by atoms with Crippen LogP contribution in [-0.2, 0) is 0 Å². The van der Waals surface area contributed by atoms with Gasteiger partial charge in [0.25, 0.3) is 5.91 Å². The first-order valence-corrected chi connectivity index (χ1v) is 8.05. The van der Waals surface area contributed by atoms with E-state index in [1.54, 1.807) is 25.4 Å². The van der Waals surface area contributed by atoms with Gasteiger partial charge in [-0.15, -0.1) is 0 Å². The minimum atomic E-state index is -0.903. The van der Waals surface area contributed by atoms with Crippen molar-refractivity contribution in [2.75, 3.05) is 0 Å². The lowest BCUT2D eigenvalue weighted by molar-refractivity contribution is 0.0915. The monoisotopic (exact) mass is 315 g/mol. The molecule has 1 unspecified atom stereocenters. The molecular formula is C17H21N3O3. The first-order valence-electron chi connectivity index (χ1n) is 8.05. The summed E-state index contributed by atoms with van der Waals surface area (Å²) in [5, 5.41) is 16.9. The molecule has 2 aromatic heterocycles. The van der Waals surface area contributed by atoms with E-state index in [2.05, 4.69) is 15.5 Å². The number of hydrogen-bond donors (Lipinski definition) is 2. The summed E-state index contributed by atoms with van der Waals surface area (Å²) in [6.07, 6.45) is 7.84. The maximum absolute atomic E-state index is 12.8. The molecule has 2 heterocycles. The number of amides is 1. The van der Waals surface area contributed by atoms with Gasteiger partial charge >= 0.3 is 0 Å². The van der Waals surface area contributed by atoms with Gasteiger partial charge in [-0.05, 0) is 31.9 Å². The van der Waals surface area contributed by atoms with Crippen molar-refractivity contribution in [2.24, 2.45) is 0 Å². The van der Waals surface area contributed by atoms with Gasteiger partial charge in [0.2, 0.25) is 0 Å². The summed E-state index contributed by atoms with van der Waals surface area (Å²) in [5.41, 5.74) is 1.41. The lowest BCUT2D eigenvalue weighted by Crippen LogP contribution is -2.36. The van der Waals surface area contributed by atoms with Crippen LogP contribution in [0.2, 0.25) is 0 Å². The summed E-state index contributed by atoms with van der Waals surface area (Å²) in [7, 11) is 0.